The van der Waals surface area contributed by atoms with Crippen LogP contribution in [0.1, 0.15) is 20.3 Å². The lowest BCUT2D eigenvalue weighted by Crippen LogP contribution is -2.43. The smallest absolute Gasteiger partial charge is 0.213 e. The molecular weight excluding hydrogens is 264 g/mol. The summed E-state index contributed by atoms with van der Waals surface area (Å²) in [6, 6.07) is 0. The van der Waals surface area contributed by atoms with E-state index >= 15 is 0 Å². The first-order valence-electron chi connectivity index (χ1n) is 5.36. The van der Waals surface area contributed by atoms with Crippen LogP contribution >= 0.6 is 0 Å². The van der Waals surface area contributed by atoms with Crippen LogP contribution in [0, 0.1) is 0 Å². The minimum Gasteiger partial charge on any atom is -0.389 e. The average Bonchev–Trinajstić information content (AvgIpc) is 2.82. The molecule has 1 atom stereocenters. The number of nitrogens with zero attached hydrogens (tertiary/aromatic N) is 1. The van der Waals surface area contributed by atoms with Gasteiger partial charge in [0.1, 0.15) is 18.1 Å². The fraction of sp³-hybridized carbons (Fsp3) is 0.545. The summed E-state index contributed by atoms with van der Waals surface area (Å²) in [6.07, 6.45) is 3.14. The Morgan fingerprint density at radius 3 is 2.56 bits per heavy atom. The van der Waals surface area contributed by atoms with Crippen LogP contribution < -0.4 is 0 Å². The van der Waals surface area contributed by atoms with Crippen LogP contribution in [0.15, 0.2) is 29.2 Å². The van der Waals surface area contributed by atoms with Crippen molar-refractivity contribution in [3.8, 4) is 0 Å². The second-order valence-corrected chi connectivity index (χ2v) is 7.12. The highest BCUT2D eigenvalue weighted by Gasteiger charge is 2.53. The Morgan fingerprint density at radius 2 is 2.17 bits per heavy atom. The van der Waals surface area contributed by atoms with E-state index in [2.05, 4.69) is 5.16 Å². The van der Waals surface area contributed by atoms with E-state index in [1.807, 2.05) is 0 Å². The minimum absolute atomic E-state index is 0.00178. The van der Waals surface area contributed by atoms with Crippen LogP contribution in [0.2, 0.25) is 0 Å². The van der Waals surface area contributed by atoms with E-state index < -0.39 is 32.7 Å². The molecule has 0 saturated heterocycles. The second-order valence-electron chi connectivity index (χ2n) is 4.91. The molecule has 7 heteroatoms. The molecule has 0 fully saturated rings. The fourth-order valence-corrected chi connectivity index (χ4v) is 3.68. The number of sulfone groups is 1. The normalized spacial score (nSPS) is 30.0. The standard InChI is InChI=1S/C11H13F2NO3S/c1-10(2)6-9(14-17-10)18(15,16)11(7-12)5-3-4-8(11)13/h3-5H,6-7H2,1-2H3. The predicted octanol–water partition coefficient (Wildman–Crippen LogP) is 2.05. The summed E-state index contributed by atoms with van der Waals surface area (Å²) >= 11 is 0. The van der Waals surface area contributed by atoms with Crippen LogP contribution in [-0.4, -0.2) is 30.5 Å². The van der Waals surface area contributed by atoms with Crippen molar-refractivity contribution < 1.29 is 22.0 Å². The highest BCUT2D eigenvalue weighted by molar-refractivity contribution is 8.08. The van der Waals surface area contributed by atoms with Crippen molar-refractivity contribution in [2.24, 2.45) is 5.16 Å². The molecule has 0 amide bonds. The van der Waals surface area contributed by atoms with E-state index in [-0.39, 0.29) is 11.5 Å². The van der Waals surface area contributed by atoms with Crippen LogP contribution in [0.5, 0.6) is 0 Å². The molecular formula is C11H13F2NO3S. The van der Waals surface area contributed by atoms with Crippen molar-refractivity contribution in [3.05, 3.63) is 24.1 Å². The summed E-state index contributed by atoms with van der Waals surface area (Å²) in [5.74, 6) is -1.03. The summed E-state index contributed by atoms with van der Waals surface area (Å²) in [5.41, 5.74) is -0.775. The Balaban J connectivity index is 2.45. The summed E-state index contributed by atoms with van der Waals surface area (Å²) in [4.78, 5) is 4.94. The molecule has 0 saturated carbocycles. The maximum atomic E-state index is 13.7. The highest BCUT2D eigenvalue weighted by Crippen LogP contribution is 2.38. The van der Waals surface area contributed by atoms with Gasteiger partial charge in [0.05, 0.1) is 0 Å². The molecule has 4 nitrogen and oxygen atoms in total. The lowest BCUT2D eigenvalue weighted by atomic mass is 10.1. The quantitative estimate of drug-likeness (QED) is 0.776. The number of allylic oxidation sites excluding steroid dienone is 2. The highest BCUT2D eigenvalue weighted by atomic mass is 32.2. The summed E-state index contributed by atoms with van der Waals surface area (Å²) in [5, 5.41) is 3.15. The number of hydrogen-bond acceptors (Lipinski definition) is 4. The molecule has 0 bridgehead atoms. The molecule has 1 heterocycles. The average molecular weight is 277 g/mol. The van der Waals surface area contributed by atoms with E-state index in [0.717, 1.165) is 12.2 Å². The summed E-state index contributed by atoms with van der Waals surface area (Å²) in [7, 11) is -4.25. The van der Waals surface area contributed by atoms with Gasteiger partial charge in [-0.2, -0.15) is 0 Å². The molecule has 2 rings (SSSR count). The zero-order valence-electron chi connectivity index (χ0n) is 9.98. The molecule has 2 aliphatic rings. The number of hydrogen-bond donors (Lipinski definition) is 0. The maximum Gasteiger partial charge on any atom is 0.213 e. The number of rotatable bonds is 2. The number of alkyl halides is 1. The van der Waals surface area contributed by atoms with Crippen molar-refractivity contribution in [1.82, 2.24) is 0 Å². The Bertz CT molecular complexity index is 563. The van der Waals surface area contributed by atoms with Gasteiger partial charge in [0.2, 0.25) is 9.84 Å². The number of oxime groups is 1. The zero-order chi connectivity index (χ0) is 13.6. The number of halogens is 2. The van der Waals surface area contributed by atoms with E-state index in [1.165, 1.54) is 6.08 Å². The third-order valence-corrected chi connectivity index (χ3v) is 5.21. The van der Waals surface area contributed by atoms with Gasteiger partial charge in [-0.15, -0.1) is 0 Å². The van der Waals surface area contributed by atoms with Gasteiger partial charge in [0.25, 0.3) is 0 Å². The fourth-order valence-electron chi connectivity index (χ4n) is 1.86. The molecule has 1 unspecified atom stereocenters. The van der Waals surface area contributed by atoms with Crippen LogP contribution in [0.25, 0.3) is 0 Å². The topological polar surface area (TPSA) is 55.7 Å². The molecule has 1 aliphatic carbocycles. The van der Waals surface area contributed by atoms with Gasteiger partial charge in [-0.25, -0.2) is 17.2 Å². The van der Waals surface area contributed by atoms with Gasteiger partial charge < -0.3 is 4.84 Å². The molecule has 18 heavy (non-hydrogen) atoms. The maximum absolute atomic E-state index is 13.7. The first kappa shape index (κ1) is 13.2. The first-order chi connectivity index (χ1) is 8.25. The molecule has 0 aromatic rings. The lowest BCUT2D eigenvalue weighted by molar-refractivity contribution is 0.0123. The lowest BCUT2D eigenvalue weighted by Gasteiger charge is -2.23. The molecule has 0 aromatic heterocycles. The van der Waals surface area contributed by atoms with Crippen LogP contribution in [0.4, 0.5) is 8.78 Å². The van der Waals surface area contributed by atoms with Crippen LogP contribution in [-0.2, 0) is 14.7 Å². The van der Waals surface area contributed by atoms with Gasteiger partial charge in [0.15, 0.2) is 9.79 Å². The minimum atomic E-state index is -4.25. The SMILES string of the molecule is CC1(C)CC(S(=O)(=O)C2(CF)C=CC=C2F)=NO1. The molecule has 0 radical (unpaired) electrons. The zero-order valence-corrected chi connectivity index (χ0v) is 10.8. The summed E-state index contributed by atoms with van der Waals surface area (Å²) in [6.45, 7) is 1.93. The Kier molecular flexibility index (Phi) is 2.84. The summed E-state index contributed by atoms with van der Waals surface area (Å²) < 4.78 is 49.1. The molecule has 0 aromatic carbocycles. The second kappa shape index (κ2) is 3.88. The largest absolute Gasteiger partial charge is 0.389 e. The molecule has 100 valence electrons. The monoisotopic (exact) mass is 277 g/mol. The van der Waals surface area contributed by atoms with Gasteiger partial charge in [-0.3, -0.25) is 0 Å². The third kappa shape index (κ3) is 1.68. The molecule has 1 aliphatic heterocycles. The molecule has 0 N–H and O–H groups in total. The predicted molar refractivity (Wildman–Crippen MR) is 63.2 cm³/mol. The third-order valence-electron chi connectivity index (χ3n) is 2.97. The Hall–Kier alpha value is -1.24. The van der Waals surface area contributed by atoms with Crippen molar-refractivity contribution in [2.75, 3.05) is 6.67 Å². The van der Waals surface area contributed by atoms with Crippen molar-refractivity contribution in [3.63, 3.8) is 0 Å². The van der Waals surface area contributed by atoms with E-state index in [4.69, 9.17) is 4.84 Å². The Morgan fingerprint density at radius 1 is 1.50 bits per heavy atom. The van der Waals surface area contributed by atoms with Crippen molar-refractivity contribution >= 4 is 14.9 Å². The van der Waals surface area contributed by atoms with Gasteiger partial charge >= 0.3 is 0 Å². The van der Waals surface area contributed by atoms with Crippen LogP contribution in [0.3, 0.4) is 0 Å². The first-order valence-corrected chi connectivity index (χ1v) is 6.85. The van der Waals surface area contributed by atoms with Gasteiger partial charge in [0, 0.05) is 6.42 Å². The van der Waals surface area contributed by atoms with E-state index in [0.29, 0.717) is 0 Å². The van der Waals surface area contributed by atoms with E-state index in [9.17, 15) is 17.2 Å². The van der Waals surface area contributed by atoms with Crippen molar-refractivity contribution in [2.45, 2.75) is 30.6 Å². The van der Waals surface area contributed by atoms with Gasteiger partial charge in [-0.1, -0.05) is 17.3 Å². The molecule has 0 spiro atoms. The van der Waals surface area contributed by atoms with Crippen molar-refractivity contribution in [1.29, 1.82) is 0 Å². The van der Waals surface area contributed by atoms with Gasteiger partial charge in [-0.05, 0) is 19.9 Å². The Labute approximate surface area is 104 Å². The van der Waals surface area contributed by atoms with E-state index in [1.54, 1.807) is 13.8 Å².